The lowest BCUT2D eigenvalue weighted by atomic mass is 10.1. The highest BCUT2D eigenvalue weighted by atomic mass is 35.5. The minimum atomic E-state index is -4.40. The smallest absolute Gasteiger partial charge is 0.414 e. The van der Waals surface area contributed by atoms with Gasteiger partial charge in [0.15, 0.2) is 6.10 Å². The van der Waals surface area contributed by atoms with E-state index in [9.17, 15) is 13.2 Å². The molecule has 1 heterocycles. The molecule has 0 aliphatic rings. The monoisotopic (exact) mass is 319 g/mol. The van der Waals surface area contributed by atoms with E-state index < -0.39 is 12.3 Å². The van der Waals surface area contributed by atoms with Crippen molar-refractivity contribution in [3.05, 3.63) is 35.0 Å². The van der Waals surface area contributed by atoms with Gasteiger partial charge in [-0.25, -0.2) is 4.98 Å². The third-order valence-corrected chi connectivity index (χ3v) is 3.33. The highest BCUT2D eigenvalue weighted by molar-refractivity contribution is 6.30. The van der Waals surface area contributed by atoms with Gasteiger partial charge in [0.2, 0.25) is 0 Å². The molecule has 1 aromatic carbocycles. The van der Waals surface area contributed by atoms with Gasteiger partial charge in [-0.1, -0.05) is 11.6 Å². The summed E-state index contributed by atoms with van der Waals surface area (Å²) in [6.45, 7) is 0.696. The maximum Gasteiger partial charge on any atom is 0.414 e. The van der Waals surface area contributed by atoms with Gasteiger partial charge in [-0.05, 0) is 25.1 Å². The summed E-state index contributed by atoms with van der Waals surface area (Å²) < 4.78 is 47.1. The lowest BCUT2D eigenvalue weighted by Crippen LogP contribution is -2.28. The lowest BCUT2D eigenvalue weighted by Gasteiger charge is -2.16. The summed E-state index contributed by atoms with van der Waals surface area (Å²) in [7, 11) is 1.53. The number of pyridine rings is 1. The van der Waals surface area contributed by atoms with Gasteiger partial charge in [-0.3, -0.25) is 0 Å². The largest absolute Gasteiger partial charge is 0.497 e. The summed E-state index contributed by atoms with van der Waals surface area (Å²) in [5, 5.41) is 0.864. The van der Waals surface area contributed by atoms with Gasteiger partial charge in [0.1, 0.15) is 10.9 Å². The van der Waals surface area contributed by atoms with Crippen molar-refractivity contribution >= 4 is 22.5 Å². The Hall–Kier alpha value is -1.53. The molecule has 21 heavy (non-hydrogen) atoms. The van der Waals surface area contributed by atoms with Crippen LogP contribution in [-0.4, -0.2) is 24.4 Å². The van der Waals surface area contributed by atoms with E-state index in [1.54, 1.807) is 24.3 Å². The van der Waals surface area contributed by atoms with Crippen molar-refractivity contribution in [3.8, 4) is 5.75 Å². The van der Waals surface area contributed by atoms with Crippen molar-refractivity contribution in [2.24, 2.45) is 0 Å². The van der Waals surface area contributed by atoms with Crippen LogP contribution in [0.2, 0.25) is 5.15 Å². The van der Waals surface area contributed by atoms with E-state index in [1.165, 1.54) is 7.11 Å². The molecule has 0 N–H and O–H groups in total. The molecule has 0 radical (unpaired) electrons. The van der Waals surface area contributed by atoms with Gasteiger partial charge in [0, 0.05) is 17.0 Å². The normalized spacial score (nSPS) is 13.4. The zero-order valence-electron chi connectivity index (χ0n) is 11.4. The first-order valence-corrected chi connectivity index (χ1v) is 6.50. The van der Waals surface area contributed by atoms with Gasteiger partial charge in [0.25, 0.3) is 0 Å². The summed E-state index contributed by atoms with van der Waals surface area (Å²) in [4.78, 5) is 4.15. The highest BCUT2D eigenvalue weighted by Gasteiger charge is 2.36. The zero-order chi connectivity index (χ0) is 15.6. The van der Waals surface area contributed by atoms with Crippen molar-refractivity contribution in [2.45, 2.75) is 25.8 Å². The molecule has 2 aromatic rings. The van der Waals surface area contributed by atoms with Gasteiger partial charge in [-0.2, -0.15) is 13.2 Å². The minimum absolute atomic E-state index is 0.116. The molecule has 1 unspecified atom stereocenters. The number of rotatable bonds is 4. The van der Waals surface area contributed by atoms with Crippen LogP contribution in [0.5, 0.6) is 5.75 Å². The third kappa shape index (κ3) is 3.77. The number of benzene rings is 1. The number of halogens is 4. The number of ether oxygens (including phenoxy) is 2. The number of nitrogens with zero attached hydrogens (tertiary/aromatic N) is 1. The standard InChI is InChI=1S/C14H13ClF3NO2/c1-8(14(16,17)18)21-7-10-5-9-3-4-11(20-2)6-12(9)19-13(10)15/h3-6,8H,7H2,1-2H3. The van der Waals surface area contributed by atoms with E-state index >= 15 is 0 Å². The molecule has 0 spiro atoms. The van der Waals surface area contributed by atoms with E-state index in [4.69, 9.17) is 21.1 Å². The molecule has 3 nitrogen and oxygen atoms in total. The van der Waals surface area contributed by atoms with Crippen LogP contribution in [0.1, 0.15) is 12.5 Å². The van der Waals surface area contributed by atoms with E-state index in [0.29, 0.717) is 16.8 Å². The van der Waals surface area contributed by atoms with Crippen LogP contribution < -0.4 is 4.74 Å². The molecule has 114 valence electrons. The van der Waals surface area contributed by atoms with E-state index in [1.807, 2.05) is 0 Å². The Kier molecular flexibility index (Phi) is 4.58. The maximum absolute atomic E-state index is 12.4. The van der Waals surface area contributed by atoms with Gasteiger partial charge in [0.05, 0.1) is 19.2 Å². The SMILES string of the molecule is COc1ccc2cc(COC(C)C(F)(F)F)c(Cl)nc2c1. The molecular formula is C14H13ClF3NO2. The van der Waals surface area contributed by atoms with Crippen LogP contribution in [0.3, 0.4) is 0 Å². The second-order valence-electron chi connectivity index (χ2n) is 4.49. The first kappa shape index (κ1) is 15.9. The Bertz CT molecular complexity index is 646. The number of fused-ring (bicyclic) bond motifs is 1. The summed E-state index contributed by atoms with van der Waals surface area (Å²) in [5.74, 6) is 0.626. The minimum Gasteiger partial charge on any atom is -0.497 e. The molecule has 0 aliphatic heterocycles. The second kappa shape index (κ2) is 6.07. The van der Waals surface area contributed by atoms with Gasteiger partial charge < -0.3 is 9.47 Å². The van der Waals surface area contributed by atoms with Gasteiger partial charge >= 0.3 is 6.18 Å². The quantitative estimate of drug-likeness (QED) is 0.784. The highest BCUT2D eigenvalue weighted by Crippen LogP contribution is 2.27. The van der Waals surface area contributed by atoms with Crippen molar-refractivity contribution < 1.29 is 22.6 Å². The molecule has 7 heteroatoms. The molecule has 2 rings (SSSR count). The Morgan fingerprint density at radius 3 is 2.62 bits per heavy atom. The molecule has 0 fully saturated rings. The Morgan fingerprint density at radius 1 is 1.29 bits per heavy atom. The Morgan fingerprint density at radius 2 is 2.00 bits per heavy atom. The van der Waals surface area contributed by atoms with E-state index in [-0.39, 0.29) is 11.8 Å². The molecule has 1 atom stereocenters. The summed E-state index contributed by atoms with van der Waals surface area (Å²) in [6, 6.07) is 6.85. The van der Waals surface area contributed by atoms with Crippen LogP contribution in [0.25, 0.3) is 10.9 Å². The van der Waals surface area contributed by atoms with Crippen molar-refractivity contribution in [3.63, 3.8) is 0 Å². The fraction of sp³-hybridized carbons (Fsp3) is 0.357. The number of methoxy groups -OCH3 is 1. The number of hydrogen-bond acceptors (Lipinski definition) is 3. The molecule has 1 aromatic heterocycles. The van der Waals surface area contributed by atoms with Crippen LogP contribution in [0.15, 0.2) is 24.3 Å². The fourth-order valence-corrected chi connectivity index (χ4v) is 1.90. The molecule has 0 aliphatic carbocycles. The summed E-state index contributed by atoms with van der Waals surface area (Å²) in [6.07, 6.45) is -6.26. The van der Waals surface area contributed by atoms with Crippen LogP contribution in [-0.2, 0) is 11.3 Å². The average molecular weight is 320 g/mol. The first-order chi connectivity index (χ1) is 9.81. The maximum atomic E-state index is 12.4. The van der Waals surface area contributed by atoms with E-state index in [2.05, 4.69) is 4.98 Å². The molecule has 0 saturated heterocycles. The Labute approximate surface area is 124 Å². The molecule has 0 amide bonds. The topological polar surface area (TPSA) is 31.4 Å². The van der Waals surface area contributed by atoms with Crippen molar-refractivity contribution in [1.82, 2.24) is 4.98 Å². The van der Waals surface area contributed by atoms with E-state index in [0.717, 1.165) is 12.3 Å². The molecule has 0 saturated carbocycles. The predicted octanol–water partition coefficient (Wildman–Crippen LogP) is 4.36. The summed E-state index contributed by atoms with van der Waals surface area (Å²) in [5.41, 5.74) is 1.01. The van der Waals surface area contributed by atoms with Crippen molar-refractivity contribution in [1.29, 1.82) is 0 Å². The lowest BCUT2D eigenvalue weighted by molar-refractivity contribution is -0.217. The Balaban J connectivity index is 2.23. The first-order valence-electron chi connectivity index (χ1n) is 6.12. The number of alkyl halides is 3. The molecular weight excluding hydrogens is 307 g/mol. The van der Waals surface area contributed by atoms with Crippen LogP contribution in [0.4, 0.5) is 13.2 Å². The molecule has 0 bridgehead atoms. The summed E-state index contributed by atoms with van der Waals surface area (Å²) >= 11 is 5.98. The predicted molar refractivity (Wildman–Crippen MR) is 73.6 cm³/mol. The second-order valence-corrected chi connectivity index (χ2v) is 4.85. The third-order valence-electron chi connectivity index (χ3n) is 3.00. The number of aromatic nitrogens is 1. The average Bonchev–Trinajstić information content (AvgIpc) is 2.43. The van der Waals surface area contributed by atoms with Crippen LogP contribution >= 0.6 is 11.6 Å². The zero-order valence-corrected chi connectivity index (χ0v) is 12.1. The van der Waals surface area contributed by atoms with Crippen LogP contribution in [0, 0.1) is 0 Å². The fourth-order valence-electron chi connectivity index (χ4n) is 1.70. The number of hydrogen-bond donors (Lipinski definition) is 0. The van der Waals surface area contributed by atoms with Gasteiger partial charge in [-0.15, -0.1) is 0 Å². The van der Waals surface area contributed by atoms with Crippen molar-refractivity contribution in [2.75, 3.05) is 7.11 Å².